The lowest BCUT2D eigenvalue weighted by atomic mass is 9.95. The molecule has 0 heteroatoms. The molecule has 0 N–H and O–H groups in total. The molecule has 0 fully saturated rings. The van der Waals surface area contributed by atoms with Crippen LogP contribution in [0.25, 0.3) is 0 Å². The number of rotatable bonds is 5. The van der Waals surface area contributed by atoms with Gasteiger partial charge >= 0.3 is 0 Å². The molecule has 0 saturated heterocycles. The molecule has 0 amide bonds. The Balaban J connectivity index is 1.71. The molecule has 0 unspecified atom stereocenters. The summed E-state index contributed by atoms with van der Waals surface area (Å²) in [5.41, 5.74) is 12.3. The van der Waals surface area contributed by atoms with Crippen LogP contribution in [0.2, 0.25) is 0 Å². The largest absolute Gasteiger partial charge is 0.0949 e. The van der Waals surface area contributed by atoms with Crippen molar-refractivity contribution in [3.63, 3.8) is 0 Å². The summed E-state index contributed by atoms with van der Waals surface area (Å²) in [6, 6.07) is 13.3. The lowest BCUT2D eigenvalue weighted by molar-refractivity contribution is 1.05. The maximum atomic E-state index is 4.36. The third kappa shape index (κ3) is 4.20. The van der Waals surface area contributed by atoms with Gasteiger partial charge in [-0.15, -0.1) is 0 Å². The first-order valence-electron chi connectivity index (χ1n) is 9.12. The van der Waals surface area contributed by atoms with Crippen LogP contribution in [0.3, 0.4) is 0 Å². The zero-order chi connectivity index (χ0) is 18.0. The third-order valence-electron chi connectivity index (χ3n) is 5.10. The van der Waals surface area contributed by atoms with E-state index in [2.05, 4.69) is 82.8 Å². The number of hydrogen-bond donors (Lipinski definition) is 0. The van der Waals surface area contributed by atoms with Crippen LogP contribution in [0.4, 0.5) is 0 Å². The Hall–Kier alpha value is -2.34. The fraction of sp³-hybridized carbons (Fsp3) is 0.280. The number of benzene rings is 2. The van der Waals surface area contributed by atoms with Crippen LogP contribution in [0.15, 0.2) is 71.8 Å². The molecule has 2 aromatic rings. The molecular weight excluding hydrogens is 300 g/mol. The van der Waals surface area contributed by atoms with Crippen molar-refractivity contribution >= 4 is 0 Å². The van der Waals surface area contributed by atoms with Gasteiger partial charge in [0.25, 0.3) is 0 Å². The van der Waals surface area contributed by atoms with Crippen LogP contribution in [0.1, 0.15) is 39.8 Å². The Morgan fingerprint density at radius 2 is 1.60 bits per heavy atom. The quantitative estimate of drug-likeness (QED) is 0.586. The van der Waals surface area contributed by atoms with Crippen molar-refractivity contribution in [3.8, 4) is 0 Å². The summed E-state index contributed by atoms with van der Waals surface area (Å²) in [4.78, 5) is 0. The minimum Gasteiger partial charge on any atom is -0.0949 e. The minimum absolute atomic E-state index is 0.932. The third-order valence-corrected chi connectivity index (χ3v) is 5.10. The van der Waals surface area contributed by atoms with Crippen LogP contribution < -0.4 is 0 Å². The van der Waals surface area contributed by atoms with Crippen LogP contribution in [0.5, 0.6) is 0 Å². The summed E-state index contributed by atoms with van der Waals surface area (Å²) in [7, 11) is 0. The lowest BCUT2D eigenvalue weighted by Gasteiger charge is -2.10. The van der Waals surface area contributed by atoms with E-state index in [0.717, 1.165) is 19.3 Å². The summed E-state index contributed by atoms with van der Waals surface area (Å²) < 4.78 is 0. The fourth-order valence-electron chi connectivity index (χ4n) is 3.82. The molecule has 0 nitrogen and oxygen atoms in total. The standard InChI is InChI=1S/C25H28/c1-17-11-18(2)13-23(12-17)14-21(5)24-10-9-22(15-24)16-25-19(3)7-6-8-20(25)4/h6-8,10-13,15H,5,9,14,16H2,1-4H3. The Morgan fingerprint density at radius 3 is 2.24 bits per heavy atom. The monoisotopic (exact) mass is 328 g/mol. The van der Waals surface area contributed by atoms with Crippen molar-refractivity contribution in [2.75, 3.05) is 0 Å². The lowest BCUT2D eigenvalue weighted by Crippen LogP contribution is -1.96. The first-order chi connectivity index (χ1) is 11.9. The second-order valence-electron chi connectivity index (χ2n) is 7.49. The predicted molar refractivity (Wildman–Crippen MR) is 109 cm³/mol. The molecule has 128 valence electrons. The highest BCUT2D eigenvalue weighted by Crippen LogP contribution is 2.29. The number of allylic oxidation sites excluding steroid dienone is 5. The van der Waals surface area contributed by atoms with Crippen molar-refractivity contribution in [2.24, 2.45) is 0 Å². The Kier molecular flexibility index (Phi) is 5.08. The van der Waals surface area contributed by atoms with Gasteiger partial charge in [0.2, 0.25) is 0 Å². The Morgan fingerprint density at radius 1 is 0.960 bits per heavy atom. The average Bonchev–Trinajstić information content (AvgIpc) is 2.99. The van der Waals surface area contributed by atoms with Gasteiger partial charge in [0.1, 0.15) is 0 Å². The Bertz CT molecular complexity index is 834. The second-order valence-corrected chi connectivity index (χ2v) is 7.49. The van der Waals surface area contributed by atoms with Crippen molar-refractivity contribution in [1.82, 2.24) is 0 Å². The zero-order valence-electron chi connectivity index (χ0n) is 15.9. The van der Waals surface area contributed by atoms with E-state index < -0.39 is 0 Å². The van der Waals surface area contributed by atoms with E-state index in [1.807, 2.05) is 0 Å². The molecule has 0 saturated carbocycles. The van der Waals surface area contributed by atoms with E-state index in [1.165, 1.54) is 50.1 Å². The molecule has 0 spiro atoms. The van der Waals surface area contributed by atoms with E-state index >= 15 is 0 Å². The highest BCUT2D eigenvalue weighted by atomic mass is 14.2. The normalized spacial score (nSPS) is 13.6. The molecule has 0 aromatic heterocycles. The number of aryl methyl sites for hydroxylation is 4. The molecule has 3 rings (SSSR count). The summed E-state index contributed by atoms with van der Waals surface area (Å²) >= 11 is 0. The molecule has 2 aromatic carbocycles. The van der Waals surface area contributed by atoms with Gasteiger partial charge in [0.15, 0.2) is 0 Å². The highest BCUT2D eigenvalue weighted by Gasteiger charge is 2.12. The molecule has 25 heavy (non-hydrogen) atoms. The summed E-state index contributed by atoms with van der Waals surface area (Å²) in [5.74, 6) is 0. The molecular formula is C25H28. The van der Waals surface area contributed by atoms with E-state index in [1.54, 1.807) is 0 Å². The Labute approximate surface area is 152 Å². The summed E-state index contributed by atoms with van der Waals surface area (Å²) in [6.07, 6.45) is 7.73. The van der Waals surface area contributed by atoms with Crippen LogP contribution in [0, 0.1) is 27.7 Å². The van der Waals surface area contributed by atoms with Crippen molar-refractivity contribution in [3.05, 3.63) is 105 Å². The topological polar surface area (TPSA) is 0 Å². The van der Waals surface area contributed by atoms with Crippen molar-refractivity contribution in [2.45, 2.75) is 47.0 Å². The zero-order valence-corrected chi connectivity index (χ0v) is 15.9. The van der Waals surface area contributed by atoms with Gasteiger partial charge in [-0.05, 0) is 80.4 Å². The van der Waals surface area contributed by atoms with Crippen molar-refractivity contribution < 1.29 is 0 Å². The van der Waals surface area contributed by atoms with E-state index in [0.29, 0.717) is 0 Å². The summed E-state index contributed by atoms with van der Waals surface area (Å²) in [6.45, 7) is 13.1. The predicted octanol–water partition coefficient (Wildman–Crippen LogP) is 6.52. The van der Waals surface area contributed by atoms with Crippen LogP contribution >= 0.6 is 0 Å². The van der Waals surface area contributed by atoms with Gasteiger partial charge in [-0.3, -0.25) is 0 Å². The molecule has 0 heterocycles. The maximum Gasteiger partial charge on any atom is -0.00256 e. The van der Waals surface area contributed by atoms with Gasteiger partial charge < -0.3 is 0 Å². The number of hydrogen-bond acceptors (Lipinski definition) is 0. The van der Waals surface area contributed by atoms with Gasteiger partial charge in [0, 0.05) is 0 Å². The smallest absolute Gasteiger partial charge is 0.00256 e. The molecule has 0 bridgehead atoms. The summed E-state index contributed by atoms with van der Waals surface area (Å²) in [5, 5.41) is 0. The van der Waals surface area contributed by atoms with Gasteiger partial charge in [-0.25, -0.2) is 0 Å². The van der Waals surface area contributed by atoms with Crippen LogP contribution in [-0.2, 0) is 12.8 Å². The van der Waals surface area contributed by atoms with Crippen molar-refractivity contribution in [1.29, 1.82) is 0 Å². The van der Waals surface area contributed by atoms with Crippen LogP contribution in [-0.4, -0.2) is 0 Å². The minimum atomic E-state index is 0.932. The molecule has 0 radical (unpaired) electrons. The molecule has 0 atom stereocenters. The van der Waals surface area contributed by atoms with Gasteiger partial charge in [0.05, 0.1) is 0 Å². The van der Waals surface area contributed by atoms with Gasteiger partial charge in [-0.1, -0.05) is 71.8 Å². The maximum absolute atomic E-state index is 4.36. The highest BCUT2D eigenvalue weighted by molar-refractivity contribution is 5.49. The second kappa shape index (κ2) is 7.27. The van der Waals surface area contributed by atoms with E-state index in [-0.39, 0.29) is 0 Å². The van der Waals surface area contributed by atoms with Gasteiger partial charge in [-0.2, -0.15) is 0 Å². The molecule has 1 aliphatic carbocycles. The first-order valence-corrected chi connectivity index (χ1v) is 9.12. The molecule has 1 aliphatic rings. The first kappa shape index (κ1) is 17.5. The van der Waals surface area contributed by atoms with E-state index in [4.69, 9.17) is 0 Å². The SMILES string of the molecule is C=C(Cc1cc(C)cc(C)c1)C1=CCC(Cc2c(C)cccc2C)=C1. The van der Waals surface area contributed by atoms with E-state index in [9.17, 15) is 0 Å². The molecule has 0 aliphatic heterocycles. The average molecular weight is 328 g/mol. The fourth-order valence-corrected chi connectivity index (χ4v) is 3.82.